The van der Waals surface area contributed by atoms with Gasteiger partial charge in [0.2, 0.25) is 0 Å². The number of urea groups is 1. The summed E-state index contributed by atoms with van der Waals surface area (Å²) in [5, 5.41) is 11.8. The highest BCUT2D eigenvalue weighted by atomic mass is 19.4. The second kappa shape index (κ2) is 12.8. The maximum atomic E-state index is 13.4. The van der Waals surface area contributed by atoms with Gasteiger partial charge in [0.25, 0.3) is 0 Å². The highest BCUT2D eigenvalue weighted by Gasteiger charge is 2.37. The number of amides is 2. The highest BCUT2D eigenvalue weighted by Crippen LogP contribution is 2.36. The van der Waals surface area contributed by atoms with E-state index < -0.39 is 47.6 Å². The number of benzene rings is 3. The molecule has 0 aliphatic carbocycles. The van der Waals surface area contributed by atoms with Crippen molar-refractivity contribution in [1.29, 1.82) is 0 Å². The lowest BCUT2D eigenvalue weighted by Crippen LogP contribution is -2.37. The molecule has 0 saturated heterocycles. The summed E-state index contributed by atoms with van der Waals surface area (Å²) in [6.45, 7) is 3.39. The fourth-order valence-electron chi connectivity index (χ4n) is 3.90. The van der Waals surface area contributed by atoms with Crippen molar-refractivity contribution in [3.63, 3.8) is 0 Å². The Morgan fingerprint density at radius 3 is 1.81 bits per heavy atom. The first kappa shape index (κ1) is 33.0. The Labute approximate surface area is 243 Å². The van der Waals surface area contributed by atoms with Gasteiger partial charge in [-0.15, -0.1) is 0 Å². The van der Waals surface area contributed by atoms with Gasteiger partial charge in [0.1, 0.15) is 5.75 Å². The molecule has 2 N–H and O–H groups in total. The predicted octanol–water partition coefficient (Wildman–Crippen LogP) is 7.45. The van der Waals surface area contributed by atoms with Crippen molar-refractivity contribution in [2.75, 3.05) is 11.9 Å². The van der Waals surface area contributed by atoms with E-state index in [-0.39, 0.29) is 41.8 Å². The Kier molecular flexibility index (Phi) is 9.78. The normalized spacial score (nSPS) is 12.0. The molecule has 2 amide bonds. The molecule has 0 heterocycles. The molecule has 0 saturated carbocycles. The number of carboxylic acids is 1. The summed E-state index contributed by atoms with van der Waals surface area (Å²) < 4.78 is 86.0. The van der Waals surface area contributed by atoms with E-state index in [1.165, 1.54) is 57.2 Å². The number of aliphatic carboxylic acids is 1. The number of halogens is 6. The third kappa shape index (κ3) is 9.22. The van der Waals surface area contributed by atoms with Crippen LogP contribution in [0.3, 0.4) is 0 Å². The zero-order chi connectivity index (χ0) is 32.2. The Bertz CT molecular complexity index is 1430. The minimum Gasteiger partial charge on any atom is -0.478 e. The van der Waals surface area contributed by atoms with Gasteiger partial charge in [-0.05, 0) is 92.9 Å². The number of alkyl halides is 6. The molecule has 3 aromatic carbocycles. The van der Waals surface area contributed by atoms with Gasteiger partial charge in [-0.3, -0.25) is 4.79 Å². The predicted molar refractivity (Wildman–Crippen MR) is 145 cm³/mol. The van der Waals surface area contributed by atoms with Gasteiger partial charge in [0.05, 0.1) is 11.1 Å². The number of Topliss-reactive ketones (excluding diaryl/α,β-unsaturated/α-hetero) is 1. The summed E-state index contributed by atoms with van der Waals surface area (Å²) in [6.07, 6.45) is -9.97. The first-order valence-electron chi connectivity index (χ1n) is 12.8. The van der Waals surface area contributed by atoms with Crippen molar-refractivity contribution in [2.45, 2.75) is 51.7 Å². The SMILES string of the molecule is CC(=O)c1ccc(NC(=O)N(CCc2ccc(OC(C)(C)C(=O)O)cc2)Cc2cc(C(F)(F)F)cc(C(F)(F)F)c2)cc1. The van der Waals surface area contributed by atoms with E-state index in [2.05, 4.69) is 5.32 Å². The van der Waals surface area contributed by atoms with Crippen LogP contribution in [-0.4, -0.2) is 39.9 Å². The number of rotatable bonds is 10. The third-order valence-electron chi connectivity index (χ3n) is 6.33. The van der Waals surface area contributed by atoms with Crippen LogP contribution in [0.15, 0.2) is 66.7 Å². The standard InChI is InChI=1S/C30H28F6N2O5/c1-18(39)21-6-8-24(9-7-21)37-27(42)38(13-12-19-4-10-25(11-5-19)43-28(2,3)26(40)41)17-20-14-22(29(31,32)33)16-23(15-20)30(34,35)36/h4-11,14-16H,12-13,17H2,1-3H3,(H,37,42)(H,40,41). The van der Waals surface area contributed by atoms with Crippen LogP contribution in [0.2, 0.25) is 0 Å². The summed E-state index contributed by atoms with van der Waals surface area (Å²) in [5.74, 6) is -1.15. The number of carbonyl (C=O) groups excluding carboxylic acids is 2. The molecule has 230 valence electrons. The molecule has 3 rings (SSSR count). The summed E-state index contributed by atoms with van der Waals surface area (Å²) in [6, 6.07) is 12.3. The monoisotopic (exact) mass is 610 g/mol. The molecule has 13 heteroatoms. The van der Waals surface area contributed by atoms with Crippen LogP contribution in [0.25, 0.3) is 0 Å². The van der Waals surface area contributed by atoms with E-state index in [1.807, 2.05) is 0 Å². The Morgan fingerprint density at radius 2 is 1.35 bits per heavy atom. The van der Waals surface area contributed by atoms with Gasteiger partial charge >= 0.3 is 24.4 Å². The molecule has 0 atom stereocenters. The zero-order valence-corrected chi connectivity index (χ0v) is 23.3. The van der Waals surface area contributed by atoms with Gasteiger partial charge in [0.15, 0.2) is 11.4 Å². The maximum Gasteiger partial charge on any atom is 0.416 e. The van der Waals surface area contributed by atoms with E-state index in [1.54, 1.807) is 12.1 Å². The first-order chi connectivity index (χ1) is 19.8. The second-order valence-corrected chi connectivity index (χ2v) is 10.2. The number of carboxylic acid groups (broad SMARTS) is 1. The van der Waals surface area contributed by atoms with Crippen LogP contribution < -0.4 is 10.1 Å². The molecule has 0 radical (unpaired) electrons. The average molecular weight is 611 g/mol. The smallest absolute Gasteiger partial charge is 0.416 e. The van der Waals surface area contributed by atoms with E-state index in [9.17, 15) is 45.8 Å². The number of carbonyl (C=O) groups is 3. The molecule has 0 unspecified atom stereocenters. The van der Waals surface area contributed by atoms with Gasteiger partial charge in [-0.1, -0.05) is 12.1 Å². The molecule has 3 aromatic rings. The third-order valence-corrected chi connectivity index (χ3v) is 6.33. The average Bonchev–Trinajstić information content (AvgIpc) is 2.90. The van der Waals surface area contributed by atoms with Gasteiger partial charge in [-0.25, -0.2) is 9.59 Å². The van der Waals surface area contributed by atoms with Crippen molar-refractivity contribution in [3.8, 4) is 5.75 Å². The molecule has 7 nitrogen and oxygen atoms in total. The molecule has 43 heavy (non-hydrogen) atoms. The fourth-order valence-corrected chi connectivity index (χ4v) is 3.90. The van der Waals surface area contributed by atoms with Crippen molar-refractivity contribution in [3.05, 3.63) is 94.5 Å². The minimum atomic E-state index is -5.05. The number of hydrogen-bond donors (Lipinski definition) is 2. The van der Waals surface area contributed by atoms with Crippen molar-refractivity contribution >= 4 is 23.5 Å². The lowest BCUT2D eigenvalue weighted by molar-refractivity contribution is -0.152. The molecule has 0 bridgehead atoms. The highest BCUT2D eigenvalue weighted by molar-refractivity contribution is 5.95. The fraction of sp³-hybridized carbons (Fsp3) is 0.300. The number of nitrogens with one attached hydrogen (secondary N) is 1. The van der Waals surface area contributed by atoms with Crippen LogP contribution in [0.4, 0.5) is 36.8 Å². The minimum absolute atomic E-state index is 0.0136. The molecule has 0 spiro atoms. The summed E-state index contributed by atoms with van der Waals surface area (Å²) in [4.78, 5) is 37.1. The van der Waals surface area contributed by atoms with E-state index in [4.69, 9.17) is 4.74 Å². The molecule has 0 aliphatic heterocycles. The summed E-state index contributed by atoms with van der Waals surface area (Å²) in [7, 11) is 0. The van der Waals surface area contributed by atoms with Crippen LogP contribution in [0.1, 0.15) is 53.4 Å². The van der Waals surface area contributed by atoms with Crippen LogP contribution >= 0.6 is 0 Å². The molecule has 0 aromatic heterocycles. The van der Waals surface area contributed by atoms with Crippen molar-refractivity contribution in [2.24, 2.45) is 0 Å². The molecule has 0 fully saturated rings. The zero-order valence-electron chi connectivity index (χ0n) is 23.3. The van der Waals surface area contributed by atoms with E-state index in [0.717, 1.165) is 4.90 Å². The number of nitrogens with zero attached hydrogens (tertiary/aromatic N) is 1. The summed E-state index contributed by atoms with van der Waals surface area (Å²) in [5.41, 5.74) is -3.64. The Balaban J connectivity index is 1.88. The topological polar surface area (TPSA) is 95.9 Å². The van der Waals surface area contributed by atoms with Crippen LogP contribution in [0.5, 0.6) is 5.75 Å². The second-order valence-electron chi connectivity index (χ2n) is 10.2. The largest absolute Gasteiger partial charge is 0.478 e. The molecular weight excluding hydrogens is 582 g/mol. The van der Waals surface area contributed by atoms with Crippen LogP contribution in [-0.2, 0) is 30.1 Å². The Morgan fingerprint density at radius 1 is 0.814 bits per heavy atom. The van der Waals surface area contributed by atoms with Crippen molar-refractivity contribution in [1.82, 2.24) is 4.90 Å². The lowest BCUT2D eigenvalue weighted by atomic mass is 10.0. The summed E-state index contributed by atoms with van der Waals surface area (Å²) >= 11 is 0. The van der Waals surface area contributed by atoms with Crippen molar-refractivity contribution < 1.29 is 50.6 Å². The quantitative estimate of drug-likeness (QED) is 0.184. The van der Waals surface area contributed by atoms with Gasteiger partial charge in [0, 0.05) is 24.3 Å². The van der Waals surface area contributed by atoms with Crippen LogP contribution in [0, 0.1) is 0 Å². The number of ketones is 1. The number of hydrogen-bond acceptors (Lipinski definition) is 4. The van der Waals surface area contributed by atoms with Gasteiger partial charge in [-0.2, -0.15) is 26.3 Å². The van der Waals surface area contributed by atoms with Gasteiger partial charge < -0.3 is 20.1 Å². The number of ether oxygens (including phenoxy) is 1. The maximum absolute atomic E-state index is 13.4. The first-order valence-corrected chi connectivity index (χ1v) is 12.8. The lowest BCUT2D eigenvalue weighted by Gasteiger charge is -2.25. The van der Waals surface area contributed by atoms with E-state index in [0.29, 0.717) is 23.3 Å². The molecular formula is C30H28F6N2O5. The molecule has 0 aliphatic rings. The Hall–Kier alpha value is -4.55. The number of anilines is 1. The van der Waals surface area contributed by atoms with E-state index >= 15 is 0 Å².